The predicted octanol–water partition coefficient (Wildman–Crippen LogP) is 5.10. The number of benzene rings is 3. The summed E-state index contributed by atoms with van der Waals surface area (Å²) in [4.78, 5) is 12.6. The quantitative estimate of drug-likeness (QED) is 0.558. The van der Waals surface area contributed by atoms with Crippen molar-refractivity contribution in [3.05, 3.63) is 72.3 Å². The highest BCUT2D eigenvalue weighted by Gasteiger charge is 2.10. The predicted molar refractivity (Wildman–Crippen MR) is 115 cm³/mol. The summed E-state index contributed by atoms with van der Waals surface area (Å²) < 4.78 is 15.9. The molecule has 0 aliphatic carbocycles. The van der Waals surface area contributed by atoms with E-state index in [9.17, 15) is 4.79 Å². The highest BCUT2D eigenvalue weighted by Crippen LogP contribution is 2.24. The molecule has 6 heteroatoms. The van der Waals surface area contributed by atoms with Gasteiger partial charge in [0.2, 0.25) is 0 Å². The Kier molecular flexibility index (Phi) is 6.58. The van der Waals surface area contributed by atoms with Crippen LogP contribution in [0.5, 0.6) is 17.2 Å². The first-order valence-electron chi connectivity index (χ1n) is 9.25. The van der Waals surface area contributed by atoms with Crippen LogP contribution in [0.1, 0.15) is 17.3 Å². The molecule has 3 rings (SSSR count). The van der Waals surface area contributed by atoms with Crippen LogP contribution in [-0.4, -0.2) is 26.7 Å². The molecule has 150 valence electrons. The second-order valence-electron chi connectivity index (χ2n) is 6.22. The molecule has 0 saturated heterocycles. The number of nitrogens with one attached hydrogen (secondary N) is 2. The van der Waals surface area contributed by atoms with Gasteiger partial charge in [-0.1, -0.05) is 0 Å². The second kappa shape index (κ2) is 9.50. The minimum absolute atomic E-state index is 0.241. The fourth-order valence-corrected chi connectivity index (χ4v) is 2.75. The first kappa shape index (κ1) is 20.1. The van der Waals surface area contributed by atoms with Crippen LogP contribution in [0, 0.1) is 0 Å². The van der Waals surface area contributed by atoms with Crippen molar-refractivity contribution in [3.8, 4) is 17.2 Å². The third-order valence-corrected chi connectivity index (χ3v) is 4.21. The lowest BCUT2D eigenvalue weighted by atomic mass is 10.1. The molecule has 0 heterocycles. The van der Waals surface area contributed by atoms with Gasteiger partial charge in [-0.05, 0) is 67.6 Å². The van der Waals surface area contributed by atoms with Crippen molar-refractivity contribution in [2.45, 2.75) is 6.92 Å². The van der Waals surface area contributed by atoms with Gasteiger partial charge in [-0.2, -0.15) is 0 Å². The molecule has 0 saturated carbocycles. The Bertz CT molecular complexity index is 931. The van der Waals surface area contributed by atoms with Crippen LogP contribution >= 0.6 is 0 Å². The van der Waals surface area contributed by atoms with Crippen molar-refractivity contribution in [2.75, 3.05) is 31.5 Å². The molecule has 0 bridgehead atoms. The van der Waals surface area contributed by atoms with Gasteiger partial charge in [-0.15, -0.1) is 0 Å². The molecule has 6 nitrogen and oxygen atoms in total. The van der Waals surface area contributed by atoms with E-state index in [4.69, 9.17) is 14.2 Å². The van der Waals surface area contributed by atoms with Gasteiger partial charge in [0.1, 0.15) is 17.2 Å². The Balaban J connectivity index is 1.65. The molecular weight excluding hydrogens is 368 g/mol. The molecule has 0 aromatic heterocycles. The Hall–Kier alpha value is -3.67. The summed E-state index contributed by atoms with van der Waals surface area (Å²) in [6.45, 7) is 2.60. The van der Waals surface area contributed by atoms with Gasteiger partial charge in [-0.3, -0.25) is 4.79 Å². The lowest BCUT2D eigenvalue weighted by molar-refractivity contribution is 0.102. The Morgan fingerprint density at radius 1 is 0.759 bits per heavy atom. The second-order valence-corrected chi connectivity index (χ2v) is 6.22. The lowest BCUT2D eigenvalue weighted by Crippen LogP contribution is -2.12. The summed E-state index contributed by atoms with van der Waals surface area (Å²) in [6, 6.07) is 20.3. The lowest BCUT2D eigenvalue weighted by Gasteiger charge is -2.11. The minimum atomic E-state index is -0.241. The summed E-state index contributed by atoms with van der Waals surface area (Å²) in [7, 11) is 3.10. The van der Waals surface area contributed by atoms with E-state index in [0.29, 0.717) is 29.4 Å². The number of hydrogen-bond acceptors (Lipinski definition) is 5. The van der Waals surface area contributed by atoms with Crippen LogP contribution in [0.3, 0.4) is 0 Å². The van der Waals surface area contributed by atoms with E-state index in [0.717, 1.165) is 17.1 Å². The van der Waals surface area contributed by atoms with E-state index in [1.807, 2.05) is 55.5 Å². The fourth-order valence-electron chi connectivity index (χ4n) is 2.75. The minimum Gasteiger partial charge on any atom is -0.497 e. The number of carbonyl (C=O) groups excluding carboxylic acids is 1. The van der Waals surface area contributed by atoms with Gasteiger partial charge in [0, 0.05) is 28.7 Å². The molecule has 0 aliphatic heterocycles. The molecule has 3 aromatic rings. The smallest absolute Gasteiger partial charge is 0.255 e. The summed E-state index contributed by atoms with van der Waals surface area (Å²) in [5, 5.41) is 6.19. The number of anilines is 3. The number of rotatable bonds is 8. The highest BCUT2D eigenvalue weighted by molar-refractivity contribution is 6.04. The molecule has 0 spiro atoms. The van der Waals surface area contributed by atoms with Crippen LogP contribution in [0.2, 0.25) is 0 Å². The maximum atomic E-state index is 12.6. The third kappa shape index (κ3) is 5.42. The van der Waals surface area contributed by atoms with Gasteiger partial charge in [0.05, 0.1) is 20.8 Å². The van der Waals surface area contributed by atoms with E-state index in [1.165, 1.54) is 0 Å². The Labute approximate surface area is 170 Å². The first-order valence-corrected chi connectivity index (χ1v) is 9.25. The monoisotopic (exact) mass is 392 g/mol. The standard InChI is InChI=1S/C23H24N2O4/c1-4-29-20-11-9-18(10-12-20)24-17-5-7-19(8-6-17)25-23(26)16-13-21(27-2)15-22(14-16)28-3/h5-15,24H,4H2,1-3H3,(H,25,26). The van der Waals surface area contributed by atoms with Crippen LogP contribution in [-0.2, 0) is 0 Å². The zero-order valence-corrected chi connectivity index (χ0v) is 16.7. The number of methoxy groups -OCH3 is 2. The molecule has 0 radical (unpaired) electrons. The highest BCUT2D eigenvalue weighted by atomic mass is 16.5. The van der Waals surface area contributed by atoms with Gasteiger partial charge < -0.3 is 24.8 Å². The van der Waals surface area contributed by atoms with Gasteiger partial charge in [0.25, 0.3) is 5.91 Å². The van der Waals surface area contributed by atoms with E-state index in [-0.39, 0.29) is 5.91 Å². The van der Waals surface area contributed by atoms with Crippen LogP contribution in [0.4, 0.5) is 17.1 Å². The van der Waals surface area contributed by atoms with Gasteiger partial charge >= 0.3 is 0 Å². The number of ether oxygens (including phenoxy) is 3. The van der Waals surface area contributed by atoms with Crippen molar-refractivity contribution in [2.24, 2.45) is 0 Å². The molecule has 0 fully saturated rings. The van der Waals surface area contributed by atoms with Gasteiger partial charge in [0.15, 0.2) is 0 Å². The summed E-state index contributed by atoms with van der Waals surface area (Å²) in [5.74, 6) is 1.72. The fraction of sp³-hybridized carbons (Fsp3) is 0.174. The summed E-state index contributed by atoms with van der Waals surface area (Å²) in [6.07, 6.45) is 0. The molecule has 0 atom stereocenters. The topological polar surface area (TPSA) is 68.8 Å². The van der Waals surface area contributed by atoms with Crippen molar-refractivity contribution in [1.82, 2.24) is 0 Å². The first-order chi connectivity index (χ1) is 14.1. The van der Waals surface area contributed by atoms with Crippen molar-refractivity contribution >= 4 is 23.0 Å². The molecule has 29 heavy (non-hydrogen) atoms. The van der Waals surface area contributed by atoms with E-state index < -0.39 is 0 Å². The van der Waals surface area contributed by atoms with E-state index >= 15 is 0 Å². The van der Waals surface area contributed by atoms with Gasteiger partial charge in [-0.25, -0.2) is 0 Å². The van der Waals surface area contributed by atoms with Crippen LogP contribution in [0.25, 0.3) is 0 Å². The van der Waals surface area contributed by atoms with Crippen molar-refractivity contribution < 1.29 is 19.0 Å². The number of carbonyl (C=O) groups is 1. The molecule has 1 amide bonds. The maximum absolute atomic E-state index is 12.6. The number of amides is 1. The molecular formula is C23H24N2O4. The van der Waals surface area contributed by atoms with Crippen molar-refractivity contribution in [1.29, 1.82) is 0 Å². The Morgan fingerprint density at radius 3 is 1.79 bits per heavy atom. The van der Waals surface area contributed by atoms with E-state index in [2.05, 4.69) is 10.6 Å². The average molecular weight is 392 g/mol. The van der Waals surface area contributed by atoms with Crippen molar-refractivity contribution in [3.63, 3.8) is 0 Å². The van der Waals surface area contributed by atoms with E-state index in [1.54, 1.807) is 32.4 Å². The SMILES string of the molecule is CCOc1ccc(Nc2ccc(NC(=O)c3cc(OC)cc(OC)c3)cc2)cc1. The van der Waals surface area contributed by atoms with Crippen LogP contribution < -0.4 is 24.8 Å². The zero-order chi connectivity index (χ0) is 20.6. The van der Waals surface area contributed by atoms with Crippen LogP contribution in [0.15, 0.2) is 66.7 Å². The summed E-state index contributed by atoms with van der Waals surface area (Å²) in [5.41, 5.74) is 3.01. The maximum Gasteiger partial charge on any atom is 0.255 e. The normalized spacial score (nSPS) is 10.2. The number of hydrogen-bond donors (Lipinski definition) is 2. The largest absolute Gasteiger partial charge is 0.497 e. The Morgan fingerprint density at radius 2 is 1.28 bits per heavy atom. The molecule has 0 aliphatic rings. The molecule has 0 unspecified atom stereocenters. The molecule has 3 aromatic carbocycles. The third-order valence-electron chi connectivity index (χ3n) is 4.21. The summed E-state index contributed by atoms with van der Waals surface area (Å²) >= 11 is 0. The average Bonchev–Trinajstić information content (AvgIpc) is 2.76. The zero-order valence-electron chi connectivity index (χ0n) is 16.7. The molecule has 2 N–H and O–H groups in total.